The lowest BCUT2D eigenvalue weighted by atomic mass is 10.0. The summed E-state index contributed by atoms with van der Waals surface area (Å²) in [6.07, 6.45) is 3.19. The second kappa shape index (κ2) is 4.35. The van der Waals surface area contributed by atoms with Crippen LogP contribution >= 0.6 is 0 Å². The molecule has 1 aromatic heterocycles. The fourth-order valence-corrected chi connectivity index (χ4v) is 4.50. The van der Waals surface area contributed by atoms with E-state index in [2.05, 4.69) is 0 Å². The molecule has 22 heavy (non-hydrogen) atoms. The zero-order chi connectivity index (χ0) is 14.8. The number of carbonyl (C=O) groups excluding carboxylic acids is 2. The normalized spacial score (nSPS) is 39.3. The van der Waals surface area contributed by atoms with Crippen molar-refractivity contribution in [2.75, 3.05) is 37.7 Å². The standard InChI is InChI=1S/C16H18N2O4/c19-15-11-5-17(16(20)14-12-7-22-8-13(12)14)3-9(11)4-18(15)10-1-2-21-6-10/h1-2,6,9,11-14H,3-5,7-8H2/t9-,11-,12-,13+,14?/m0/s1. The van der Waals surface area contributed by atoms with Gasteiger partial charge in [0.2, 0.25) is 11.8 Å². The van der Waals surface area contributed by atoms with E-state index >= 15 is 0 Å². The molecule has 1 aromatic rings. The summed E-state index contributed by atoms with van der Waals surface area (Å²) >= 11 is 0. The molecule has 0 radical (unpaired) electrons. The third-order valence-electron chi connectivity index (χ3n) is 5.81. The Morgan fingerprint density at radius 3 is 2.68 bits per heavy atom. The fourth-order valence-electron chi connectivity index (χ4n) is 4.50. The number of amides is 2. The number of furan rings is 1. The minimum Gasteiger partial charge on any atom is -0.470 e. The summed E-state index contributed by atoms with van der Waals surface area (Å²) in [5.41, 5.74) is 0.825. The lowest BCUT2D eigenvalue weighted by molar-refractivity contribution is -0.133. The highest BCUT2D eigenvalue weighted by molar-refractivity contribution is 5.98. The van der Waals surface area contributed by atoms with E-state index in [1.165, 1.54) is 0 Å². The molecule has 5 atom stereocenters. The van der Waals surface area contributed by atoms with Crippen molar-refractivity contribution in [2.24, 2.45) is 29.6 Å². The van der Waals surface area contributed by atoms with Crippen LogP contribution in [0.15, 0.2) is 23.0 Å². The molecule has 3 saturated heterocycles. The third-order valence-corrected chi connectivity index (χ3v) is 5.81. The van der Waals surface area contributed by atoms with Crippen molar-refractivity contribution in [3.05, 3.63) is 18.6 Å². The predicted octanol–water partition coefficient (Wildman–Crippen LogP) is 0.593. The van der Waals surface area contributed by atoms with E-state index < -0.39 is 0 Å². The third kappa shape index (κ3) is 1.64. The van der Waals surface area contributed by atoms with Gasteiger partial charge in [0, 0.05) is 37.5 Å². The molecule has 1 saturated carbocycles. The van der Waals surface area contributed by atoms with E-state index in [-0.39, 0.29) is 29.6 Å². The molecule has 0 bridgehead atoms. The Hall–Kier alpha value is -1.82. The number of likely N-dealkylation sites (tertiary alicyclic amines) is 1. The van der Waals surface area contributed by atoms with Crippen LogP contribution in [0, 0.1) is 29.6 Å². The highest BCUT2D eigenvalue weighted by Crippen LogP contribution is 2.52. The minimum atomic E-state index is -0.0475. The number of rotatable bonds is 2. The Morgan fingerprint density at radius 2 is 2.00 bits per heavy atom. The molecule has 0 spiro atoms. The van der Waals surface area contributed by atoms with Crippen molar-refractivity contribution in [1.82, 2.24) is 4.90 Å². The van der Waals surface area contributed by atoms with Gasteiger partial charge in [-0.05, 0) is 11.8 Å². The average molecular weight is 302 g/mol. The van der Waals surface area contributed by atoms with Gasteiger partial charge in [-0.2, -0.15) is 0 Å². The molecule has 0 aromatic carbocycles. The van der Waals surface area contributed by atoms with Gasteiger partial charge in [0.05, 0.1) is 31.1 Å². The predicted molar refractivity (Wildman–Crippen MR) is 75.9 cm³/mol. The first-order valence-electron chi connectivity index (χ1n) is 7.94. The molecule has 5 rings (SSSR count). The van der Waals surface area contributed by atoms with Gasteiger partial charge in [-0.1, -0.05) is 0 Å². The maximum Gasteiger partial charge on any atom is 0.232 e. The van der Waals surface area contributed by atoms with Crippen LogP contribution in [0.1, 0.15) is 0 Å². The number of anilines is 1. The van der Waals surface area contributed by atoms with Crippen LogP contribution in [0.25, 0.3) is 0 Å². The number of ether oxygens (including phenoxy) is 1. The highest BCUT2D eigenvalue weighted by Gasteiger charge is 2.60. The topological polar surface area (TPSA) is 63.0 Å². The zero-order valence-electron chi connectivity index (χ0n) is 12.2. The van der Waals surface area contributed by atoms with Crippen molar-refractivity contribution in [3.8, 4) is 0 Å². The van der Waals surface area contributed by atoms with Crippen molar-refractivity contribution in [1.29, 1.82) is 0 Å². The molecule has 6 nitrogen and oxygen atoms in total. The van der Waals surface area contributed by atoms with Crippen LogP contribution in [-0.2, 0) is 14.3 Å². The van der Waals surface area contributed by atoms with Crippen LogP contribution in [0.5, 0.6) is 0 Å². The second-order valence-corrected chi connectivity index (χ2v) is 6.93. The number of nitrogens with zero attached hydrogens (tertiary/aromatic N) is 2. The smallest absolute Gasteiger partial charge is 0.232 e. The molecule has 116 valence electrons. The molecular formula is C16H18N2O4. The van der Waals surface area contributed by atoms with Crippen molar-refractivity contribution in [2.45, 2.75) is 0 Å². The van der Waals surface area contributed by atoms with Crippen LogP contribution in [0.4, 0.5) is 5.69 Å². The maximum absolute atomic E-state index is 12.6. The first kappa shape index (κ1) is 12.7. The maximum atomic E-state index is 12.6. The summed E-state index contributed by atoms with van der Waals surface area (Å²) in [5, 5.41) is 0. The van der Waals surface area contributed by atoms with Gasteiger partial charge in [-0.15, -0.1) is 0 Å². The van der Waals surface area contributed by atoms with E-state index in [9.17, 15) is 9.59 Å². The SMILES string of the molecule is O=C(C1[C@H]2COC[C@@H]12)N1C[C@H]2CN(c3ccoc3)C(=O)[C@H]2C1. The van der Waals surface area contributed by atoms with Gasteiger partial charge in [-0.3, -0.25) is 9.59 Å². The Labute approximate surface area is 128 Å². The second-order valence-electron chi connectivity index (χ2n) is 6.93. The van der Waals surface area contributed by atoms with E-state index in [1.54, 1.807) is 17.4 Å². The molecule has 6 heteroatoms. The van der Waals surface area contributed by atoms with Crippen molar-refractivity contribution in [3.63, 3.8) is 0 Å². The summed E-state index contributed by atoms with van der Waals surface area (Å²) in [7, 11) is 0. The van der Waals surface area contributed by atoms with Crippen molar-refractivity contribution < 1.29 is 18.7 Å². The quantitative estimate of drug-likeness (QED) is 0.802. The van der Waals surface area contributed by atoms with Gasteiger partial charge in [0.25, 0.3) is 0 Å². The van der Waals surface area contributed by atoms with E-state index in [4.69, 9.17) is 9.15 Å². The Morgan fingerprint density at radius 1 is 1.18 bits per heavy atom. The Kier molecular flexibility index (Phi) is 2.51. The van der Waals surface area contributed by atoms with E-state index in [1.807, 2.05) is 11.0 Å². The van der Waals surface area contributed by atoms with Crippen LogP contribution in [0.3, 0.4) is 0 Å². The molecule has 3 aliphatic heterocycles. The minimum absolute atomic E-state index is 0.0475. The summed E-state index contributed by atoms with van der Waals surface area (Å²) in [6, 6.07) is 1.81. The first-order chi connectivity index (χ1) is 10.7. The van der Waals surface area contributed by atoms with Gasteiger partial charge >= 0.3 is 0 Å². The number of hydrogen-bond acceptors (Lipinski definition) is 4. The lowest BCUT2D eigenvalue weighted by Crippen LogP contribution is -2.37. The highest BCUT2D eigenvalue weighted by atomic mass is 16.5. The Balaban J connectivity index is 1.28. The van der Waals surface area contributed by atoms with Gasteiger partial charge in [-0.25, -0.2) is 0 Å². The van der Waals surface area contributed by atoms with Crippen LogP contribution in [-0.4, -0.2) is 49.6 Å². The lowest BCUT2D eigenvalue weighted by Gasteiger charge is -2.21. The molecule has 1 unspecified atom stereocenters. The molecule has 1 aliphatic carbocycles. The molecule has 4 aliphatic rings. The Bertz CT molecular complexity index is 618. The summed E-state index contributed by atoms with van der Waals surface area (Å²) in [5.74, 6) is 1.61. The monoisotopic (exact) mass is 302 g/mol. The van der Waals surface area contributed by atoms with Gasteiger partial charge < -0.3 is 19.0 Å². The number of carbonyl (C=O) groups is 2. The largest absolute Gasteiger partial charge is 0.470 e. The van der Waals surface area contributed by atoms with E-state index in [0.29, 0.717) is 31.5 Å². The summed E-state index contributed by atoms with van der Waals surface area (Å²) < 4.78 is 10.4. The molecule has 4 fully saturated rings. The average Bonchev–Trinajstić information content (AvgIpc) is 3.09. The molecule has 4 heterocycles. The fraction of sp³-hybridized carbons (Fsp3) is 0.625. The van der Waals surface area contributed by atoms with Gasteiger partial charge in [0.15, 0.2) is 0 Å². The summed E-state index contributed by atoms with van der Waals surface area (Å²) in [4.78, 5) is 28.9. The number of fused-ring (bicyclic) bond motifs is 2. The van der Waals surface area contributed by atoms with Crippen LogP contribution < -0.4 is 4.90 Å². The van der Waals surface area contributed by atoms with E-state index in [0.717, 1.165) is 18.9 Å². The van der Waals surface area contributed by atoms with Crippen molar-refractivity contribution >= 4 is 17.5 Å². The molecule has 0 N–H and O–H groups in total. The zero-order valence-corrected chi connectivity index (χ0v) is 12.2. The summed E-state index contributed by atoms with van der Waals surface area (Å²) in [6.45, 7) is 3.44. The van der Waals surface area contributed by atoms with Crippen LogP contribution in [0.2, 0.25) is 0 Å². The molecule has 2 amide bonds. The van der Waals surface area contributed by atoms with Gasteiger partial charge in [0.1, 0.15) is 6.26 Å². The molecular weight excluding hydrogens is 284 g/mol. The first-order valence-corrected chi connectivity index (χ1v) is 7.94. The number of hydrogen-bond donors (Lipinski definition) is 0.